The first kappa shape index (κ1) is 16.2. The van der Waals surface area contributed by atoms with Gasteiger partial charge in [-0.1, -0.05) is 36.4 Å². The van der Waals surface area contributed by atoms with Crippen LogP contribution in [-0.2, 0) is 4.74 Å². The van der Waals surface area contributed by atoms with Crippen molar-refractivity contribution >= 4 is 6.09 Å². The van der Waals surface area contributed by atoms with Crippen molar-refractivity contribution in [2.45, 2.75) is 44.9 Å². The monoisotopic (exact) mass is 277 g/mol. The molecular weight excluding hydrogens is 254 g/mol. The fourth-order valence-corrected chi connectivity index (χ4v) is 1.75. The largest absolute Gasteiger partial charge is 0.444 e. The number of amides is 1. The molecule has 0 aliphatic rings. The normalized spacial score (nSPS) is 14.2. The molecule has 20 heavy (non-hydrogen) atoms. The molecule has 0 fully saturated rings. The molecule has 0 saturated carbocycles. The number of carbonyl (C=O) groups excluding carboxylic acids is 1. The average Bonchev–Trinajstić information content (AvgIpc) is 2.36. The van der Waals surface area contributed by atoms with Gasteiger partial charge in [-0.25, -0.2) is 4.79 Å². The summed E-state index contributed by atoms with van der Waals surface area (Å²) in [6.07, 6.45) is 0.622. The summed E-state index contributed by atoms with van der Waals surface area (Å²) in [7, 11) is 0. The van der Waals surface area contributed by atoms with Crippen LogP contribution in [0.2, 0.25) is 0 Å². The first-order valence-corrected chi connectivity index (χ1v) is 6.67. The van der Waals surface area contributed by atoms with Crippen LogP contribution in [-0.4, -0.2) is 22.9 Å². The molecule has 0 aliphatic carbocycles. The van der Waals surface area contributed by atoms with Gasteiger partial charge in [0, 0.05) is 6.42 Å². The number of alkyl carbamates (subject to hydrolysis) is 1. The highest BCUT2D eigenvalue weighted by atomic mass is 16.6. The summed E-state index contributed by atoms with van der Waals surface area (Å²) in [6, 6.07) is 9.16. The molecular formula is C16H23NO3. The molecule has 1 aromatic rings. The highest BCUT2D eigenvalue weighted by molar-refractivity contribution is 5.68. The van der Waals surface area contributed by atoms with Crippen molar-refractivity contribution in [1.29, 1.82) is 0 Å². The van der Waals surface area contributed by atoms with Crippen LogP contribution in [0, 0.1) is 0 Å². The summed E-state index contributed by atoms with van der Waals surface area (Å²) in [4.78, 5) is 11.9. The van der Waals surface area contributed by atoms with Crippen LogP contribution >= 0.6 is 0 Å². The SMILES string of the molecule is C=C[C@H](O)C[C@H](NC(=O)OC(C)(C)C)c1ccccc1. The topological polar surface area (TPSA) is 58.6 Å². The summed E-state index contributed by atoms with van der Waals surface area (Å²) >= 11 is 0. The molecule has 4 nitrogen and oxygen atoms in total. The molecule has 0 spiro atoms. The van der Waals surface area contributed by atoms with Crippen LogP contribution in [0.25, 0.3) is 0 Å². The Morgan fingerprint density at radius 3 is 2.50 bits per heavy atom. The molecule has 0 heterocycles. The first-order valence-electron chi connectivity index (χ1n) is 6.67. The van der Waals surface area contributed by atoms with Gasteiger partial charge in [-0.05, 0) is 26.3 Å². The number of carbonyl (C=O) groups is 1. The van der Waals surface area contributed by atoms with Crippen molar-refractivity contribution in [1.82, 2.24) is 5.32 Å². The summed E-state index contributed by atoms with van der Waals surface area (Å²) in [5, 5.41) is 12.5. The molecule has 4 heteroatoms. The van der Waals surface area contributed by atoms with E-state index in [1.165, 1.54) is 6.08 Å². The molecule has 0 bridgehead atoms. The maximum absolute atomic E-state index is 11.9. The summed E-state index contributed by atoms with van der Waals surface area (Å²) in [5.41, 5.74) is 0.363. The van der Waals surface area contributed by atoms with Gasteiger partial charge in [-0.2, -0.15) is 0 Å². The maximum atomic E-state index is 11.9. The number of hydrogen-bond acceptors (Lipinski definition) is 3. The lowest BCUT2D eigenvalue weighted by Gasteiger charge is -2.24. The van der Waals surface area contributed by atoms with E-state index < -0.39 is 17.8 Å². The molecule has 0 aromatic heterocycles. The van der Waals surface area contributed by atoms with E-state index >= 15 is 0 Å². The quantitative estimate of drug-likeness (QED) is 0.813. The molecule has 0 unspecified atom stereocenters. The molecule has 2 atom stereocenters. The van der Waals surface area contributed by atoms with Gasteiger partial charge in [0.2, 0.25) is 0 Å². The molecule has 0 radical (unpaired) electrons. The van der Waals surface area contributed by atoms with Crippen molar-refractivity contribution in [2.75, 3.05) is 0 Å². The van der Waals surface area contributed by atoms with Gasteiger partial charge in [0.1, 0.15) is 5.60 Å². The Hall–Kier alpha value is -1.81. The Morgan fingerprint density at radius 1 is 1.40 bits per heavy atom. The summed E-state index contributed by atoms with van der Waals surface area (Å²) in [5.74, 6) is 0. The predicted molar refractivity (Wildman–Crippen MR) is 79.4 cm³/mol. The van der Waals surface area contributed by atoms with Crippen molar-refractivity contribution < 1.29 is 14.6 Å². The van der Waals surface area contributed by atoms with Gasteiger partial charge in [0.25, 0.3) is 0 Å². The predicted octanol–water partition coefficient (Wildman–Crippen LogP) is 3.19. The lowest BCUT2D eigenvalue weighted by molar-refractivity contribution is 0.0490. The molecule has 1 aromatic carbocycles. The minimum absolute atomic E-state index is 0.320. The Kier molecular flexibility index (Phi) is 5.77. The first-order chi connectivity index (χ1) is 9.31. The molecule has 110 valence electrons. The lowest BCUT2D eigenvalue weighted by Crippen LogP contribution is -2.36. The molecule has 0 aliphatic heterocycles. The number of rotatable bonds is 5. The number of aliphatic hydroxyl groups excluding tert-OH is 1. The second-order valence-corrected chi connectivity index (χ2v) is 5.65. The second kappa shape index (κ2) is 7.10. The zero-order chi connectivity index (χ0) is 15.2. The number of aliphatic hydroxyl groups is 1. The Labute approximate surface area is 120 Å². The lowest BCUT2D eigenvalue weighted by atomic mass is 10.0. The third kappa shape index (κ3) is 5.89. The zero-order valence-electron chi connectivity index (χ0n) is 12.3. The van der Waals surface area contributed by atoms with E-state index in [0.29, 0.717) is 6.42 Å². The second-order valence-electron chi connectivity index (χ2n) is 5.65. The highest BCUT2D eigenvalue weighted by Crippen LogP contribution is 2.19. The van der Waals surface area contributed by atoms with Crippen molar-refractivity contribution in [2.24, 2.45) is 0 Å². The van der Waals surface area contributed by atoms with Gasteiger partial charge >= 0.3 is 6.09 Å². The molecule has 1 rings (SSSR count). The minimum Gasteiger partial charge on any atom is -0.444 e. The number of nitrogens with one attached hydrogen (secondary N) is 1. The van der Waals surface area contributed by atoms with Gasteiger partial charge in [-0.15, -0.1) is 6.58 Å². The Morgan fingerprint density at radius 2 is 2.00 bits per heavy atom. The van der Waals surface area contributed by atoms with Gasteiger partial charge < -0.3 is 15.2 Å². The van der Waals surface area contributed by atoms with Crippen LogP contribution in [0.3, 0.4) is 0 Å². The van der Waals surface area contributed by atoms with Crippen LogP contribution in [0.5, 0.6) is 0 Å². The molecule has 0 saturated heterocycles. The molecule has 1 amide bonds. The zero-order valence-corrected chi connectivity index (χ0v) is 12.3. The smallest absolute Gasteiger partial charge is 0.408 e. The number of benzene rings is 1. The summed E-state index contributed by atoms with van der Waals surface area (Å²) in [6.45, 7) is 8.98. The van der Waals surface area contributed by atoms with Crippen molar-refractivity contribution in [3.63, 3.8) is 0 Å². The fourth-order valence-electron chi connectivity index (χ4n) is 1.75. The number of hydrogen-bond donors (Lipinski definition) is 2. The van der Waals surface area contributed by atoms with E-state index in [1.807, 2.05) is 51.1 Å². The van der Waals surface area contributed by atoms with E-state index in [4.69, 9.17) is 4.74 Å². The maximum Gasteiger partial charge on any atom is 0.408 e. The third-order valence-corrected chi connectivity index (χ3v) is 2.64. The summed E-state index contributed by atoms with van der Waals surface area (Å²) < 4.78 is 5.25. The molecule has 2 N–H and O–H groups in total. The minimum atomic E-state index is -0.685. The van der Waals surface area contributed by atoms with E-state index in [-0.39, 0.29) is 6.04 Å². The van der Waals surface area contributed by atoms with E-state index in [9.17, 15) is 9.90 Å². The van der Waals surface area contributed by atoms with Crippen LogP contribution in [0.4, 0.5) is 4.79 Å². The van der Waals surface area contributed by atoms with Gasteiger partial charge in [-0.3, -0.25) is 0 Å². The van der Waals surface area contributed by atoms with Crippen LogP contribution in [0.1, 0.15) is 38.8 Å². The average molecular weight is 277 g/mol. The fraction of sp³-hybridized carbons (Fsp3) is 0.438. The van der Waals surface area contributed by atoms with Crippen LogP contribution in [0.15, 0.2) is 43.0 Å². The van der Waals surface area contributed by atoms with E-state index in [1.54, 1.807) is 0 Å². The van der Waals surface area contributed by atoms with Gasteiger partial charge in [0.15, 0.2) is 0 Å². The Bertz CT molecular complexity index is 437. The van der Waals surface area contributed by atoms with Gasteiger partial charge in [0.05, 0.1) is 12.1 Å². The van der Waals surface area contributed by atoms with Crippen LogP contribution < -0.4 is 5.32 Å². The Balaban J connectivity index is 2.78. The van der Waals surface area contributed by atoms with E-state index in [0.717, 1.165) is 5.56 Å². The van der Waals surface area contributed by atoms with Crippen molar-refractivity contribution in [3.8, 4) is 0 Å². The standard InChI is InChI=1S/C16H23NO3/c1-5-13(18)11-14(12-9-7-6-8-10-12)17-15(19)20-16(2,3)4/h5-10,13-14,18H,1,11H2,2-4H3,(H,17,19)/t13-,14-/m0/s1. The number of ether oxygens (including phenoxy) is 1. The third-order valence-electron chi connectivity index (χ3n) is 2.64. The van der Waals surface area contributed by atoms with E-state index in [2.05, 4.69) is 11.9 Å². The highest BCUT2D eigenvalue weighted by Gasteiger charge is 2.21. The van der Waals surface area contributed by atoms with Crippen molar-refractivity contribution in [3.05, 3.63) is 48.6 Å².